The summed E-state index contributed by atoms with van der Waals surface area (Å²) in [6, 6.07) is 3.25. The lowest BCUT2D eigenvalue weighted by Crippen LogP contribution is -2.05. The van der Waals surface area contributed by atoms with E-state index in [4.69, 9.17) is 0 Å². The van der Waals surface area contributed by atoms with Gasteiger partial charge >= 0.3 is 0 Å². The van der Waals surface area contributed by atoms with Crippen molar-refractivity contribution in [2.24, 2.45) is 0 Å². The van der Waals surface area contributed by atoms with Crippen LogP contribution in [-0.2, 0) is 6.42 Å². The Kier molecular flexibility index (Phi) is 4.39. The highest BCUT2D eigenvalue weighted by molar-refractivity contribution is 5.61. The minimum atomic E-state index is -0.364. The van der Waals surface area contributed by atoms with Gasteiger partial charge in [0.05, 0.1) is 11.9 Å². The van der Waals surface area contributed by atoms with Crippen molar-refractivity contribution < 1.29 is 4.39 Å². The molecule has 2 aromatic rings. The van der Waals surface area contributed by atoms with Gasteiger partial charge in [0, 0.05) is 30.8 Å². The average molecular weight is 260 g/mol. The Labute approximate surface area is 112 Å². The molecule has 0 aliphatic rings. The molecule has 5 heteroatoms. The fourth-order valence-electron chi connectivity index (χ4n) is 1.70. The predicted octanol–water partition coefficient (Wildman–Crippen LogP) is 3.06. The summed E-state index contributed by atoms with van der Waals surface area (Å²) in [6.45, 7) is 4.93. The first kappa shape index (κ1) is 13.4. The topological polar surface area (TPSA) is 50.7 Å². The Morgan fingerprint density at radius 3 is 2.68 bits per heavy atom. The highest BCUT2D eigenvalue weighted by atomic mass is 19.1. The lowest BCUT2D eigenvalue weighted by molar-refractivity contribution is 0.622. The Morgan fingerprint density at radius 2 is 2.00 bits per heavy atom. The van der Waals surface area contributed by atoms with Crippen LogP contribution in [-0.4, -0.2) is 21.5 Å². The summed E-state index contributed by atoms with van der Waals surface area (Å²) in [5, 5.41) is 3.23. The number of halogens is 1. The maximum atomic E-state index is 13.2. The van der Waals surface area contributed by atoms with E-state index in [-0.39, 0.29) is 5.82 Å². The van der Waals surface area contributed by atoms with Gasteiger partial charge in [-0.2, -0.15) is 0 Å². The number of hydrogen-bond acceptors (Lipinski definition) is 4. The van der Waals surface area contributed by atoms with Crippen LogP contribution in [0.1, 0.15) is 26.1 Å². The third-order valence-corrected chi connectivity index (χ3v) is 2.65. The normalized spacial score (nSPS) is 10.5. The van der Waals surface area contributed by atoms with Gasteiger partial charge in [-0.3, -0.25) is 4.98 Å². The molecule has 0 radical (unpaired) electrons. The predicted molar refractivity (Wildman–Crippen MR) is 73.4 cm³/mol. The Hall–Kier alpha value is -2.04. The van der Waals surface area contributed by atoms with E-state index in [1.165, 1.54) is 12.3 Å². The van der Waals surface area contributed by atoms with E-state index in [1.54, 1.807) is 6.20 Å². The van der Waals surface area contributed by atoms with Crippen molar-refractivity contribution in [1.29, 1.82) is 0 Å². The van der Waals surface area contributed by atoms with Crippen LogP contribution >= 0.6 is 0 Å². The maximum absolute atomic E-state index is 13.2. The largest absolute Gasteiger partial charge is 0.370 e. The minimum absolute atomic E-state index is 0.364. The molecule has 0 saturated heterocycles. The van der Waals surface area contributed by atoms with E-state index in [2.05, 4.69) is 27.2 Å². The Morgan fingerprint density at radius 1 is 1.16 bits per heavy atom. The summed E-state index contributed by atoms with van der Waals surface area (Å²) < 4.78 is 13.2. The molecule has 100 valence electrons. The summed E-state index contributed by atoms with van der Waals surface area (Å²) in [5.41, 5.74) is 1.36. The van der Waals surface area contributed by atoms with Crippen LogP contribution < -0.4 is 5.32 Å². The van der Waals surface area contributed by atoms with Crippen molar-refractivity contribution in [1.82, 2.24) is 15.0 Å². The molecule has 1 N–H and O–H groups in total. The minimum Gasteiger partial charge on any atom is -0.370 e. The van der Waals surface area contributed by atoms with Crippen molar-refractivity contribution in [3.05, 3.63) is 36.2 Å². The van der Waals surface area contributed by atoms with Crippen LogP contribution in [0.2, 0.25) is 0 Å². The number of aromatic nitrogens is 3. The van der Waals surface area contributed by atoms with Crippen LogP contribution in [0, 0.1) is 5.82 Å². The molecular formula is C14H17FN4. The fourth-order valence-corrected chi connectivity index (χ4v) is 1.70. The van der Waals surface area contributed by atoms with Crippen molar-refractivity contribution in [3.63, 3.8) is 0 Å². The summed E-state index contributed by atoms with van der Waals surface area (Å²) in [4.78, 5) is 12.7. The van der Waals surface area contributed by atoms with E-state index in [0.29, 0.717) is 11.3 Å². The lowest BCUT2D eigenvalue weighted by Gasteiger charge is -2.08. The van der Waals surface area contributed by atoms with Crippen LogP contribution in [0.25, 0.3) is 11.3 Å². The second-order valence-electron chi connectivity index (χ2n) is 4.23. The molecule has 0 fully saturated rings. The van der Waals surface area contributed by atoms with Gasteiger partial charge in [-0.25, -0.2) is 14.4 Å². The molecular weight excluding hydrogens is 243 g/mol. The van der Waals surface area contributed by atoms with Gasteiger partial charge in [-0.15, -0.1) is 0 Å². The van der Waals surface area contributed by atoms with Crippen LogP contribution in [0.4, 0.5) is 10.2 Å². The zero-order chi connectivity index (χ0) is 13.7. The van der Waals surface area contributed by atoms with Gasteiger partial charge in [0.1, 0.15) is 17.5 Å². The number of pyridine rings is 1. The molecule has 0 bridgehead atoms. The van der Waals surface area contributed by atoms with E-state index < -0.39 is 0 Å². The third-order valence-electron chi connectivity index (χ3n) is 2.65. The number of nitrogens with zero attached hydrogens (tertiary/aromatic N) is 3. The zero-order valence-corrected chi connectivity index (χ0v) is 11.2. The quantitative estimate of drug-likeness (QED) is 0.897. The third kappa shape index (κ3) is 3.47. The van der Waals surface area contributed by atoms with Gasteiger partial charge < -0.3 is 5.32 Å². The molecule has 0 unspecified atom stereocenters. The van der Waals surface area contributed by atoms with E-state index in [1.807, 2.05) is 13.0 Å². The molecule has 0 atom stereocenters. The second kappa shape index (κ2) is 6.22. The number of rotatable bonds is 5. The number of hydrogen-bond donors (Lipinski definition) is 1. The first-order valence-electron chi connectivity index (χ1n) is 6.45. The Balaban J connectivity index is 2.38. The molecule has 4 nitrogen and oxygen atoms in total. The average Bonchev–Trinajstić information content (AvgIpc) is 2.44. The first-order valence-corrected chi connectivity index (χ1v) is 6.45. The van der Waals surface area contributed by atoms with Gasteiger partial charge in [0.2, 0.25) is 0 Å². The van der Waals surface area contributed by atoms with Gasteiger partial charge in [0.25, 0.3) is 0 Å². The van der Waals surface area contributed by atoms with Crippen molar-refractivity contribution >= 4 is 5.82 Å². The van der Waals surface area contributed by atoms with Gasteiger partial charge in [-0.05, 0) is 12.5 Å². The smallest absolute Gasteiger partial charge is 0.142 e. The van der Waals surface area contributed by atoms with Crippen LogP contribution in [0.15, 0.2) is 24.5 Å². The Bertz CT molecular complexity index is 557. The SMILES string of the molecule is CCCNc1cc(-c2cncc(F)c2)nc(CC)n1. The molecule has 0 amide bonds. The van der Waals surface area contributed by atoms with Crippen molar-refractivity contribution in [2.75, 3.05) is 11.9 Å². The first-order chi connectivity index (χ1) is 9.22. The summed E-state index contributed by atoms with van der Waals surface area (Å²) in [7, 11) is 0. The van der Waals surface area contributed by atoms with Crippen LogP contribution in [0.5, 0.6) is 0 Å². The zero-order valence-electron chi connectivity index (χ0n) is 11.2. The number of anilines is 1. The van der Waals surface area contributed by atoms with E-state index >= 15 is 0 Å². The summed E-state index contributed by atoms with van der Waals surface area (Å²) in [5.74, 6) is 1.14. The molecule has 0 saturated carbocycles. The monoisotopic (exact) mass is 260 g/mol. The number of aryl methyl sites for hydroxylation is 1. The van der Waals surface area contributed by atoms with Crippen LogP contribution in [0.3, 0.4) is 0 Å². The number of nitrogens with one attached hydrogen (secondary N) is 1. The van der Waals surface area contributed by atoms with Gasteiger partial charge in [0.15, 0.2) is 0 Å². The van der Waals surface area contributed by atoms with E-state index in [9.17, 15) is 4.39 Å². The van der Waals surface area contributed by atoms with Crippen molar-refractivity contribution in [3.8, 4) is 11.3 Å². The molecule has 19 heavy (non-hydrogen) atoms. The second-order valence-corrected chi connectivity index (χ2v) is 4.23. The highest BCUT2D eigenvalue weighted by Crippen LogP contribution is 2.20. The molecule has 2 heterocycles. The molecule has 0 aliphatic carbocycles. The summed E-state index contributed by atoms with van der Waals surface area (Å²) >= 11 is 0. The molecule has 0 aromatic carbocycles. The fraction of sp³-hybridized carbons (Fsp3) is 0.357. The van der Waals surface area contributed by atoms with E-state index in [0.717, 1.165) is 31.0 Å². The molecule has 2 aromatic heterocycles. The molecule has 0 aliphatic heterocycles. The molecule has 2 rings (SSSR count). The standard InChI is InChI=1S/C14H17FN4/c1-3-5-17-14-7-12(18-13(4-2)19-14)10-6-11(15)9-16-8-10/h6-9H,3-5H2,1-2H3,(H,17,18,19). The van der Waals surface area contributed by atoms with Gasteiger partial charge in [-0.1, -0.05) is 13.8 Å². The molecule has 0 spiro atoms. The maximum Gasteiger partial charge on any atom is 0.142 e. The summed E-state index contributed by atoms with van der Waals surface area (Å²) in [6.07, 6.45) is 4.54. The lowest BCUT2D eigenvalue weighted by atomic mass is 10.2. The van der Waals surface area contributed by atoms with Crippen molar-refractivity contribution in [2.45, 2.75) is 26.7 Å². The highest BCUT2D eigenvalue weighted by Gasteiger charge is 2.07.